The van der Waals surface area contributed by atoms with Gasteiger partial charge in [-0.2, -0.15) is 0 Å². The molecule has 0 aliphatic carbocycles. The summed E-state index contributed by atoms with van der Waals surface area (Å²) in [5, 5.41) is 5.83. The molecule has 0 fully saturated rings. The zero-order valence-corrected chi connectivity index (χ0v) is 17.5. The Morgan fingerprint density at radius 2 is 1.06 bits per heavy atom. The first-order valence-electron chi connectivity index (χ1n) is 10.8. The van der Waals surface area contributed by atoms with E-state index in [9.17, 15) is 0 Å². The van der Waals surface area contributed by atoms with Crippen LogP contribution in [0.2, 0.25) is 0 Å². The normalized spacial score (nSPS) is 11.1. The van der Waals surface area contributed by atoms with Crippen LogP contribution in [0.25, 0.3) is 44.2 Å². The van der Waals surface area contributed by atoms with Gasteiger partial charge in [0.25, 0.3) is 0 Å². The van der Waals surface area contributed by atoms with Gasteiger partial charge in [0.2, 0.25) is 0 Å². The second kappa shape index (κ2) is 7.75. The monoisotopic (exact) mass is 411 g/mol. The minimum atomic E-state index is 0.915. The van der Waals surface area contributed by atoms with Crippen LogP contribution in [-0.4, -0.2) is 0 Å². The van der Waals surface area contributed by atoms with Crippen LogP contribution in [0.15, 0.2) is 126 Å². The molecule has 5 aromatic carbocycles. The standard InChI is InChI=1S/C30H21NO/c1-2-7-21(8-3-1)22-13-16-25(17-14-22)31-26-10-6-9-23(19-26)24-15-18-28-27-11-4-5-12-29(27)32-30(28)20-24/h1-20,31H. The maximum atomic E-state index is 6.07. The minimum Gasteiger partial charge on any atom is -0.456 e. The van der Waals surface area contributed by atoms with Crippen molar-refractivity contribution in [2.24, 2.45) is 0 Å². The molecule has 0 spiro atoms. The molecule has 1 aromatic heterocycles. The largest absolute Gasteiger partial charge is 0.456 e. The Labute approximate surface area is 186 Å². The van der Waals surface area contributed by atoms with Gasteiger partial charge in [0.05, 0.1) is 0 Å². The molecule has 2 nitrogen and oxygen atoms in total. The number of hydrogen-bond donors (Lipinski definition) is 1. The zero-order chi connectivity index (χ0) is 21.3. The quantitative estimate of drug-likeness (QED) is 0.314. The van der Waals surface area contributed by atoms with Crippen LogP contribution >= 0.6 is 0 Å². The Kier molecular flexibility index (Phi) is 4.47. The van der Waals surface area contributed by atoms with Crippen molar-refractivity contribution in [1.82, 2.24) is 0 Å². The summed E-state index contributed by atoms with van der Waals surface area (Å²) < 4.78 is 6.07. The average Bonchev–Trinajstić information content (AvgIpc) is 3.23. The summed E-state index contributed by atoms with van der Waals surface area (Å²) in [4.78, 5) is 0. The lowest BCUT2D eigenvalue weighted by Gasteiger charge is -2.10. The highest BCUT2D eigenvalue weighted by Gasteiger charge is 2.08. The third kappa shape index (κ3) is 3.42. The van der Waals surface area contributed by atoms with Crippen molar-refractivity contribution in [3.05, 3.63) is 121 Å². The third-order valence-electron chi connectivity index (χ3n) is 5.86. The van der Waals surface area contributed by atoms with Gasteiger partial charge in [-0.1, -0.05) is 78.9 Å². The maximum Gasteiger partial charge on any atom is 0.136 e. The molecular formula is C30H21NO. The van der Waals surface area contributed by atoms with Crippen LogP contribution in [-0.2, 0) is 0 Å². The first-order chi connectivity index (χ1) is 15.8. The number of benzene rings is 5. The summed E-state index contributed by atoms with van der Waals surface area (Å²) in [7, 11) is 0. The van der Waals surface area contributed by atoms with Crippen molar-refractivity contribution in [3.63, 3.8) is 0 Å². The first kappa shape index (κ1) is 18.5. The van der Waals surface area contributed by atoms with E-state index in [1.807, 2.05) is 24.3 Å². The second-order valence-corrected chi connectivity index (χ2v) is 7.96. The molecule has 152 valence electrons. The molecule has 0 radical (unpaired) electrons. The first-order valence-corrected chi connectivity index (χ1v) is 10.8. The Balaban J connectivity index is 1.28. The predicted octanol–water partition coefficient (Wildman–Crippen LogP) is 8.66. The number of hydrogen-bond acceptors (Lipinski definition) is 2. The van der Waals surface area contributed by atoms with Crippen molar-refractivity contribution in [1.29, 1.82) is 0 Å². The Morgan fingerprint density at radius 3 is 1.94 bits per heavy atom. The van der Waals surface area contributed by atoms with Crippen molar-refractivity contribution >= 4 is 33.3 Å². The molecular weight excluding hydrogens is 390 g/mol. The highest BCUT2D eigenvalue weighted by Crippen LogP contribution is 2.33. The lowest BCUT2D eigenvalue weighted by Crippen LogP contribution is -1.90. The minimum absolute atomic E-state index is 0.915. The fraction of sp³-hybridized carbons (Fsp3) is 0. The Hall–Kier alpha value is -4.30. The summed E-state index contributed by atoms with van der Waals surface area (Å²) >= 11 is 0. The highest BCUT2D eigenvalue weighted by atomic mass is 16.3. The number of rotatable bonds is 4. The predicted molar refractivity (Wildman–Crippen MR) is 134 cm³/mol. The molecule has 2 heteroatoms. The summed E-state index contributed by atoms with van der Waals surface area (Å²) in [6.07, 6.45) is 0. The van der Waals surface area contributed by atoms with Crippen LogP contribution in [0.5, 0.6) is 0 Å². The van der Waals surface area contributed by atoms with E-state index in [-0.39, 0.29) is 0 Å². The molecule has 0 saturated carbocycles. The molecule has 32 heavy (non-hydrogen) atoms. The molecule has 6 aromatic rings. The van der Waals surface area contributed by atoms with Gasteiger partial charge < -0.3 is 9.73 Å². The van der Waals surface area contributed by atoms with Crippen LogP contribution in [0.3, 0.4) is 0 Å². The molecule has 0 atom stereocenters. The van der Waals surface area contributed by atoms with Crippen molar-refractivity contribution in [2.75, 3.05) is 5.32 Å². The van der Waals surface area contributed by atoms with Gasteiger partial charge in [0.1, 0.15) is 11.2 Å². The number of furan rings is 1. The van der Waals surface area contributed by atoms with Gasteiger partial charge in [-0.05, 0) is 64.7 Å². The van der Waals surface area contributed by atoms with Gasteiger partial charge in [-0.15, -0.1) is 0 Å². The van der Waals surface area contributed by atoms with Gasteiger partial charge in [0, 0.05) is 22.1 Å². The third-order valence-corrected chi connectivity index (χ3v) is 5.86. The van der Waals surface area contributed by atoms with E-state index in [0.717, 1.165) is 44.4 Å². The summed E-state index contributed by atoms with van der Waals surface area (Å²) in [6.45, 7) is 0. The van der Waals surface area contributed by atoms with Gasteiger partial charge in [-0.3, -0.25) is 0 Å². The van der Waals surface area contributed by atoms with Gasteiger partial charge in [0.15, 0.2) is 0 Å². The molecule has 0 saturated heterocycles. The second-order valence-electron chi connectivity index (χ2n) is 7.96. The topological polar surface area (TPSA) is 25.2 Å². The lowest BCUT2D eigenvalue weighted by atomic mass is 10.0. The molecule has 1 N–H and O–H groups in total. The van der Waals surface area contributed by atoms with E-state index < -0.39 is 0 Å². The number of nitrogens with one attached hydrogen (secondary N) is 1. The fourth-order valence-electron chi connectivity index (χ4n) is 4.23. The van der Waals surface area contributed by atoms with Crippen LogP contribution in [0, 0.1) is 0 Å². The van der Waals surface area contributed by atoms with Crippen LogP contribution in [0.1, 0.15) is 0 Å². The molecule has 0 aliphatic rings. The van der Waals surface area contributed by atoms with Gasteiger partial charge >= 0.3 is 0 Å². The van der Waals surface area contributed by atoms with E-state index in [1.54, 1.807) is 0 Å². The fourth-order valence-corrected chi connectivity index (χ4v) is 4.23. The number of anilines is 2. The smallest absolute Gasteiger partial charge is 0.136 e. The van der Waals surface area contributed by atoms with E-state index >= 15 is 0 Å². The van der Waals surface area contributed by atoms with Crippen molar-refractivity contribution < 1.29 is 4.42 Å². The molecule has 0 amide bonds. The molecule has 0 aliphatic heterocycles. The van der Waals surface area contributed by atoms with Crippen molar-refractivity contribution in [3.8, 4) is 22.3 Å². The van der Waals surface area contributed by atoms with Crippen LogP contribution < -0.4 is 5.32 Å². The number of para-hydroxylation sites is 1. The van der Waals surface area contributed by atoms with E-state index in [4.69, 9.17) is 4.42 Å². The average molecular weight is 412 g/mol. The molecule has 1 heterocycles. The molecule has 0 bridgehead atoms. The van der Waals surface area contributed by atoms with E-state index in [0.29, 0.717) is 0 Å². The zero-order valence-electron chi connectivity index (χ0n) is 17.5. The summed E-state index contributed by atoms with van der Waals surface area (Å²) in [5.41, 5.74) is 8.69. The Bertz CT molecular complexity index is 1530. The van der Waals surface area contributed by atoms with Gasteiger partial charge in [-0.25, -0.2) is 0 Å². The number of fused-ring (bicyclic) bond motifs is 3. The van der Waals surface area contributed by atoms with E-state index in [1.165, 1.54) is 11.1 Å². The molecule has 0 unspecified atom stereocenters. The highest BCUT2D eigenvalue weighted by molar-refractivity contribution is 6.05. The maximum absolute atomic E-state index is 6.07. The SMILES string of the molecule is c1ccc(-c2ccc(Nc3cccc(-c4ccc5c(c4)oc4ccccc45)c3)cc2)cc1. The molecule has 6 rings (SSSR count). The van der Waals surface area contributed by atoms with Crippen LogP contribution in [0.4, 0.5) is 11.4 Å². The Morgan fingerprint density at radius 1 is 0.406 bits per heavy atom. The summed E-state index contributed by atoms with van der Waals surface area (Å²) in [5.74, 6) is 0. The summed E-state index contributed by atoms with van der Waals surface area (Å²) in [6, 6.07) is 42.1. The van der Waals surface area contributed by atoms with Crippen molar-refractivity contribution in [2.45, 2.75) is 0 Å². The van der Waals surface area contributed by atoms with E-state index in [2.05, 4.69) is 102 Å². The lowest BCUT2D eigenvalue weighted by molar-refractivity contribution is 0.669.